The quantitative estimate of drug-likeness (QED) is 0.424. The molecular weight excluding hydrogens is 360 g/mol. The number of nitro groups is 2. The van der Waals surface area contributed by atoms with E-state index in [0.29, 0.717) is 35.1 Å². The first-order chi connectivity index (χ1) is 13.3. The van der Waals surface area contributed by atoms with Gasteiger partial charge in [-0.2, -0.15) is 0 Å². The van der Waals surface area contributed by atoms with Gasteiger partial charge in [0.05, 0.1) is 9.85 Å². The lowest BCUT2D eigenvalue weighted by Crippen LogP contribution is -2.18. The van der Waals surface area contributed by atoms with Gasteiger partial charge in [-0.25, -0.2) is 0 Å². The summed E-state index contributed by atoms with van der Waals surface area (Å²) < 4.78 is 0. The maximum Gasteiger partial charge on any atom is 0.270 e. The normalized spacial score (nSPS) is 19.8. The van der Waals surface area contributed by atoms with Crippen molar-refractivity contribution in [3.8, 4) is 0 Å². The van der Waals surface area contributed by atoms with E-state index in [2.05, 4.69) is 0 Å². The standard InChI is InChI=1S/C21H18N2O5/c1-14-8-17(10-15-4-2-6-19(12-15)22(25)26)21(24)18(9-14)11-16-5-3-7-20(13-16)23(27)28/h2-7,10-14H,8-9H2,1H3/b17-10+,18-11+. The van der Waals surface area contributed by atoms with Gasteiger partial charge in [0.2, 0.25) is 0 Å². The van der Waals surface area contributed by atoms with E-state index >= 15 is 0 Å². The lowest BCUT2D eigenvalue weighted by molar-refractivity contribution is -0.385. The molecule has 0 bridgehead atoms. The third kappa shape index (κ3) is 4.37. The van der Waals surface area contributed by atoms with E-state index < -0.39 is 9.85 Å². The molecule has 28 heavy (non-hydrogen) atoms. The summed E-state index contributed by atoms with van der Waals surface area (Å²) >= 11 is 0. The highest BCUT2D eigenvalue weighted by Gasteiger charge is 2.25. The number of allylic oxidation sites excluding steroid dienone is 2. The predicted octanol–water partition coefficient (Wildman–Crippen LogP) is 4.97. The summed E-state index contributed by atoms with van der Waals surface area (Å²) in [5, 5.41) is 21.9. The van der Waals surface area contributed by atoms with Gasteiger partial charge < -0.3 is 0 Å². The number of Topliss-reactive ketones (excluding diaryl/α,β-unsaturated/α-hetero) is 1. The van der Waals surface area contributed by atoms with Crippen LogP contribution in [0.4, 0.5) is 11.4 Å². The maximum absolute atomic E-state index is 12.9. The van der Waals surface area contributed by atoms with Crippen molar-refractivity contribution >= 4 is 29.3 Å². The first-order valence-electron chi connectivity index (χ1n) is 8.78. The van der Waals surface area contributed by atoms with Crippen molar-refractivity contribution in [3.05, 3.63) is 91.0 Å². The van der Waals surface area contributed by atoms with E-state index in [1.165, 1.54) is 24.3 Å². The SMILES string of the molecule is CC1C/C(=C\c2cccc([N+](=O)[O-])c2)C(=O)/C(=C/c2cccc([N+](=O)[O-])c2)C1. The number of hydrogen-bond donors (Lipinski definition) is 0. The number of hydrogen-bond acceptors (Lipinski definition) is 5. The molecule has 0 unspecified atom stereocenters. The molecule has 0 radical (unpaired) electrons. The van der Waals surface area contributed by atoms with Crippen LogP contribution in [0.2, 0.25) is 0 Å². The lowest BCUT2D eigenvalue weighted by Gasteiger charge is -2.22. The molecule has 1 aliphatic rings. The number of benzene rings is 2. The highest BCUT2D eigenvalue weighted by Crippen LogP contribution is 2.32. The predicted molar refractivity (Wildman–Crippen MR) is 106 cm³/mol. The Kier molecular flexibility index (Phi) is 5.44. The van der Waals surface area contributed by atoms with Crippen LogP contribution < -0.4 is 0 Å². The van der Waals surface area contributed by atoms with E-state index in [-0.39, 0.29) is 23.1 Å². The second-order valence-electron chi connectivity index (χ2n) is 6.89. The molecule has 0 aliphatic heterocycles. The van der Waals surface area contributed by atoms with Crippen molar-refractivity contribution in [2.45, 2.75) is 19.8 Å². The fraction of sp³-hybridized carbons (Fsp3) is 0.190. The van der Waals surface area contributed by atoms with Crippen LogP contribution in [0, 0.1) is 26.1 Å². The van der Waals surface area contributed by atoms with Gasteiger partial charge in [-0.05, 0) is 42.0 Å². The molecule has 2 aromatic rings. The van der Waals surface area contributed by atoms with Crippen LogP contribution in [0.1, 0.15) is 30.9 Å². The smallest absolute Gasteiger partial charge is 0.270 e. The first-order valence-corrected chi connectivity index (χ1v) is 8.78. The van der Waals surface area contributed by atoms with Gasteiger partial charge in [-0.3, -0.25) is 25.0 Å². The summed E-state index contributed by atoms with van der Waals surface area (Å²) in [7, 11) is 0. The second-order valence-corrected chi connectivity index (χ2v) is 6.89. The van der Waals surface area contributed by atoms with Gasteiger partial charge >= 0.3 is 0 Å². The zero-order chi connectivity index (χ0) is 20.3. The molecule has 142 valence electrons. The number of non-ortho nitro benzene ring substituents is 2. The number of nitrogens with zero attached hydrogens (tertiary/aromatic N) is 2. The Hall–Kier alpha value is -3.61. The van der Waals surface area contributed by atoms with Gasteiger partial charge in [0.15, 0.2) is 5.78 Å². The van der Waals surface area contributed by atoms with Gasteiger partial charge in [-0.1, -0.05) is 31.2 Å². The molecule has 0 amide bonds. The number of rotatable bonds is 4. The van der Waals surface area contributed by atoms with Crippen LogP contribution in [0.25, 0.3) is 12.2 Å². The fourth-order valence-corrected chi connectivity index (χ4v) is 3.32. The Morgan fingerprint density at radius 2 is 1.29 bits per heavy atom. The van der Waals surface area contributed by atoms with Crippen molar-refractivity contribution < 1.29 is 14.6 Å². The molecule has 0 atom stereocenters. The number of nitro benzene ring substituents is 2. The molecular formula is C21H18N2O5. The van der Waals surface area contributed by atoms with Crippen LogP contribution in [0.3, 0.4) is 0 Å². The third-order valence-electron chi connectivity index (χ3n) is 4.56. The molecule has 0 saturated heterocycles. The van der Waals surface area contributed by atoms with E-state index in [4.69, 9.17) is 0 Å². The van der Waals surface area contributed by atoms with Gasteiger partial charge in [0.25, 0.3) is 11.4 Å². The van der Waals surface area contributed by atoms with Gasteiger partial charge in [0, 0.05) is 35.4 Å². The van der Waals surface area contributed by atoms with Crippen LogP contribution in [-0.2, 0) is 4.79 Å². The average molecular weight is 378 g/mol. The van der Waals surface area contributed by atoms with E-state index in [0.717, 1.165) is 0 Å². The number of carbonyl (C=O) groups is 1. The molecule has 3 rings (SSSR count). The lowest BCUT2D eigenvalue weighted by atomic mass is 9.81. The molecule has 7 heteroatoms. The highest BCUT2D eigenvalue weighted by molar-refractivity contribution is 6.14. The van der Waals surface area contributed by atoms with Gasteiger partial charge in [0.1, 0.15) is 0 Å². The largest absolute Gasteiger partial charge is 0.289 e. The topological polar surface area (TPSA) is 103 Å². The zero-order valence-corrected chi connectivity index (χ0v) is 15.2. The fourth-order valence-electron chi connectivity index (χ4n) is 3.32. The summed E-state index contributed by atoms with van der Waals surface area (Å²) in [4.78, 5) is 33.9. The zero-order valence-electron chi connectivity index (χ0n) is 15.2. The molecule has 0 N–H and O–H groups in total. The van der Waals surface area contributed by atoms with Crippen molar-refractivity contribution in [2.24, 2.45) is 5.92 Å². The Morgan fingerprint density at radius 3 is 1.68 bits per heavy atom. The van der Waals surface area contributed by atoms with E-state index in [1.807, 2.05) is 6.92 Å². The van der Waals surface area contributed by atoms with Gasteiger partial charge in [-0.15, -0.1) is 0 Å². The molecule has 0 aromatic heterocycles. The molecule has 7 nitrogen and oxygen atoms in total. The highest BCUT2D eigenvalue weighted by atomic mass is 16.6. The van der Waals surface area contributed by atoms with E-state index in [1.54, 1.807) is 36.4 Å². The molecule has 1 aliphatic carbocycles. The average Bonchev–Trinajstić information content (AvgIpc) is 2.66. The van der Waals surface area contributed by atoms with Crippen LogP contribution >= 0.6 is 0 Å². The van der Waals surface area contributed by atoms with Crippen LogP contribution in [0.5, 0.6) is 0 Å². The third-order valence-corrected chi connectivity index (χ3v) is 4.56. The molecule has 2 aromatic carbocycles. The molecule has 0 heterocycles. The Balaban J connectivity index is 1.94. The summed E-state index contributed by atoms with van der Waals surface area (Å²) in [6.07, 6.45) is 4.53. The Labute approximate surface area is 161 Å². The Morgan fingerprint density at radius 1 is 0.857 bits per heavy atom. The summed E-state index contributed by atoms with van der Waals surface area (Å²) in [5.74, 6) is 0.0868. The monoisotopic (exact) mass is 378 g/mol. The maximum atomic E-state index is 12.9. The van der Waals surface area contributed by atoms with Crippen molar-refractivity contribution in [1.82, 2.24) is 0 Å². The number of ketones is 1. The van der Waals surface area contributed by atoms with Crippen molar-refractivity contribution in [2.75, 3.05) is 0 Å². The van der Waals surface area contributed by atoms with Crippen molar-refractivity contribution in [3.63, 3.8) is 0 Å². The molecule has 0 spiro atoms. The first kappa shape index (κ1) is 19.2. The minimum atomic E-state index is -0.471. The molecule has 1 fully saturated rings. The van der Waals surface area contributed by atoms with Crippen LogP contribution in [0.15, 0.2) is 59.7 Å². The molecule has 1 saturated carbocycles. The van der Waals surface area contributed by atoms with Crippen molar-refractivity contribution in [1.29, 1.82) is 0 Å². The number of carbonyl (C=O) groups excluding carboxylic acids is 1. The Bertz CT molecular complexity index is 943. The minimum Gasteiger partial charge on any atom is -0.289 e. The summed E-state index contributed by atoms with van der Waals surface area (Å²) in [6, 6.07) is 12.3. The minimum absolute atomic E-state index is 0.0296. The summed E-state index contributed by atoms with van der Waals surface area (Å²) in [6.45, 7) is 2.02. The second kappa shape index (κ2) is 7.96. The van der Waals surface area contributed by atoms with Crippen LogP contribution in [-0.4, -0.2) is 15.6 Å². The summed E-state index contributed by atoms with van der Waals surface area (Å²) in [5.41, 5.74) is 2.30. The van der Waals surface area contributed by atoms with E-state index in [9.17, 15) is 25.0 Å².